The summed E-state index contributed by atoms with van der Waals surface area (Å²) in [4.78, 5) is 36.6. The molecule has 1 saturated heterocycles. The summed E-state index contributed by atoms with van der Waals surface area (Å²) in [5, 5.41) is 6.14. The van der Waals surface area contributed by atoms with Gasteiger partial charge in [-0.25, -0.2) is 9.78 Å². The zero-order chi connectivity index (χ0) is 22.8. The van der Waals surface area contributed by atoms with Crippen LogP contribution in [0.1, 0.15) is 12.0 Å². The first-order valence-electron chi connectivity index (χ1n) is 9.86. The molecule has 12 heteroatoms. The van der Waals surface area contributed by atoms with Gasteiger partial charge in [0.2, 0.25) is 0 Å². The average Bonchev–Trinajstić information content (AvgIpc) is 3.17. The fraction of sp³-hybridized carbons (Fsp3) is 0.400. The van der Waals surface area contributed by atoms with E-state index in [0.717, 1.165) is 5.56 Å². The highest BCUT2D eigenvalue weighted by molar-refractivity contribution is 5.83. The Morgan fingerprint density at radius 1 is 1.31 bits per heavy atom. The third-order valence-corrected chi connectivity index (χ3v) is 4.75. The second kappa shape index (κ2) is 11.5. The molecule has 1 fully saturated rings. The number of likely N-dealkylation sites (tertiary alicyclic amines) is 1. The zero-order valence-corrected chi connectivity index (χ0v) is 17.5. The maximum Gasteiger partial charge on any atom is 0.413 e. The van der Waals surface area contributed by atoms with Crippen LogP contribution in [0.15, 0.2) is 47.7 Å². The number of methoxy groups -OCH3 is 1. The number of esters is 1. The molecule has 1 aliphatic rings. The number of ether oxygens (including phenoxy) is 3. The van der Waals surface area contributed by atoms with E-state index in [0.29, 0.717) is 13.0 Å². The van der Waals surface area contributed by atoms with Crippen LogP contribution in [0.5, 0.6) is 6.01 Å². The molecule has 0 radical (unpaired) electrons. The Morgan fingerprint density at radius 3 is 2.88 bits per heavy atom. The van der Waals surface area contributed by atoms with Crippen molar-refractivity contribution in [3.8, 4) is 6.01 Å². The van der Waals surface area contributed by atoms with Crippen LogP contribution in [0.4, 0.5) is 10.6 Å². The minimum atomic E-state index is -0.655. The number of carbonyl (C=O) groups excluding carboxylic acids is 2. The van der Waals surface area contributed by atoms with E-state index < -0.39 is 12.1 Å². The summed E-state index contributed by atoms with van der Waals surface area (Å²) < 4.78 is 15.7. The molecule has 168 valence electrons. The van der Waals surface area contributed by atoms with Gasteiger partial charge >= 0.3 is 18.1 Å². The Hall–Kier alpha value is -3.89. The second-order valence-corrected chi connectivity index (χ2v) is 6.96. The molecule has 0 spiro atoms. The van der Waals surface area contributed by atoms with Crippen LogP contribution in [0.3, 0.4) is 0 Å². The van der Waals surface area contributed by atoms with Gasteiger partial charge in [0.05, 0.1) is 13.7 Å². The smallest absolute Gasteiger partial charge is 0.413 e. The predicted octanol–water partition coefficient (Wildman–Crippen LogP) is 2.53. The van der Waals surface area contributed by atoms with E-state index >= 15 is 0 Å². The van der Waals surface area contributed by atoms with Gasteiger partial charge in [-0.1, -0.05) is 35.4 Å². The van der Waals surface area contributed by atoms with Crippen molar-refractivity contribution >= 4 is 17.9 Å². The third kappa shape index (κ3) is 6.83. The van der Waals surface area contributed by atoms with Crippen molar-refractivity contribution in [3.63, 3.8) is 0 Å². The number of benzene rings is 1. The van der Waals surface area contributed by atoms with E-state index in [9.17, 15) is 9.59 Å². The highest BCUT2D eigenvalue weighted by Gasteiger charge is 2.34. The predicted molar refractivity (Wildman–Crippen MR) is 113 cm³/mol. The van der Waals surface area contributed by atoms with Crippen LogP contribution in [0.2, 0.25) is 0 Å². The molecule has 1 N–H and O–H groups in total. The summed E-state index contributed by atoms with van der Waals surface area (Å²) in [6, 6.07) is 10.7. The number of hydrogen-bond donors (Lipinski definition) is 1. The van der Waals surface area contributed by atoms with E-state index in [-0.39, 0.29) is 43.7 Å². The van der Waals surface area contributed by atoms with Crippen molar-refractivity contribution in [2.45, 2.75) is 25.2 Å². The van der Waals surface area contributed by atoms with E-state index in [4.69, 9.17) is 19.7 Å². The summed E-state index contributed by atoms with van der Waals surface area (Å²) in [6.07, 6.45) is 0.973. The van der Waals surface area contributed by atoms with E-state index in [1.807, 2.05) is 35.2 Å². The minimum absolute atomic E-state index is 0.0533. The first-order valence-corrected chi connectivity index (χ1v) is 9.86. The Balaban J connectivity index is 1.55. The van der Waals surface area contributed by atoms with Gasteiger partial charge in [0.1, 0.15) is 18.5 Å². The van der Waals surface area contributed by atoms with Crippen LogP contribution in [-0.4, -0.2) is 65.8 Å². The Kier molecular flexibility index (Phi) is 8.18. The van der Waals surface area contributed by atoms with Crippen LogP contribution < -0.4 is 10.1 Å². The van der Waals surface area contributed by atoms with Gasteiger partial charge in [0.25, 0.3) is 0 Å². The van der Waals surface area contributed by atoms with Gasteiger partial charge in [-0.15, -0.1) is 0 Å². The molecule has 2 aromatic rings. The minimum Gasteiger partial charge on any atom is -0.468 e. The van der Waals surface area contributed by atoms with Gasteiger partial charge in [-0.05, 0) is 17.2 Å². The molecular formula is C20H23N7O5. The maximum absolute atomic E-state index is 12.0. The lowest BCUT2D eigenvalue weighted by atomic mass is 10.2. The van der Waals surface area contributed by atoms with Gasteiger partial charge in [-0.2, -0.15) is 4.98 Å². The molecule has 1 aromatic heterocycles. The topological polar surface area (TPSA) is 152 Å². The summed E-state index contributed by atoms with van der Waals surface area (Å²) in [5.74, 6) is -0.170. The SMILES string of the molecule is COC(=O)CN1C[C@H](Oc2nccc(NC(=O)OCc3ccccc3)n2)C[C@@H]1CN=[N+]=[N-]. The Bertz CT molecular complexity index is 968. The number of hydrogen-bond acceptors (Lipinski definition) is 9. The van der Waals surface area contributed by atoms with Crippen molar-refractivity contribution in [1.82, 2.24) is 14.9 Å². The maximum atomic E-state index is 12.0. The molecule has 0 unspecified atom stereocenters. The molecule has 2 atom stereocenters. The molecule has 1 amide bonds. The van der Waals surface area contributed by atoms with E-state index in [1.165, 1.54) is 19.4 Å². The standard InChI is InChI=1S/C20H23N7O5/c1-30-18(28)12-27-11-16(9-15(27)10-23-26-21)32-19-22-8-7-17(24-19)25-20(29)31-13-14-5-3-2-4-6-14/h2-8,15-16H,9-13H2,1H3,(H,22,24,25,29)/t15-,16-/m1/s1. The lowest BCUT2D eigenvalue weighted by Gasteiger charge is -2.20. The Labute approximate surface area is 184 Å². The van der Waals surface area contributed by atoms with E-state index in [1.54, 1.807) is 0 Å². The van der Waals surface area contributed by atoms with E-state index in [2.05, 4.69) is 25.3 Å². The normalized spacial score (nSPS) is 17.8. The molecule has 0 bridgehead atoms. The fourth-order valence-corrected chi connectivity index (χ4v) is 3.25. The van der Waals surface area contributed by atoms with Crippen LogP contribution >= 0.6 is 0 Å². The van der Waals surface area contributed by atoms with Gasteiger partial charge in [0, 0.05) is 36.7 Å². The summed E-state index contributed by atoms with van der Waals surface area (Å²) in [5.41, 5.74) is 9.46. The highest BCUT2D eigenvalue weighted by atomic mass is 16.5. The molecule has 2 heterocycles. The van der Waals surface area contributed by atoms with Crippen molar-refractivity contribution in [1.29, 1.82) is 0 Å². The number of amides is 1. The monoisotopic (exact) mass is 441 g/mol. The van der Waals surface area contributed by atoms with Crippen LogP contribution in [0, 0.1) is 0 Å². The number of anilines is 1. The number of azide groups is 1. The molecule has 0 aliphatic carbocycles. The number of nitrogens with zero attached hydrogens (tertiary/aromatic N) is 6. The van der Waals surface area contributed by atoms with Gasteiger partial charge < -0.3 is 14.2 Å². The number of nitrogens with one attached hydrogen (secondary N) is 1. The summed E-state index contributed by atoms with van der Waals surface area (Å²) in [6.45, 7) is 0.785. The second-order valence-electron chi connectivity index (χ2n) is 6.96. The largest absolute Gasteiger partial charge is 0.468 e. The third-order valence-electron chi connectivity index (χ3n) is 4.75. The molecule has 12 nitrogen and oxygen atoms in total. The van der Waals surface area contributed by atoms with Crippen molar-refractivity contribution in [2.75, 3.05) is 32.1 Å². The van der Waals surface area contributed by atoms with Crippen molar-refractivity contribution in [3.05, 3.63) is 58.6 Å². The lowest BCUT2D eigenvalue weighted by Crippen LogP contribution is -2.37. The number of carbonyl (C=O) groups is 2. The number of aromatic nitrogens is 2. The number of rotatable bonds is 9. The van der Waals surface area contributed by atoms with Crippen LogP contribution in [-0.2, 0) is 20.9 Å². The Morgan fingerprint density at radius 2 is 2.12 bits per heavy atom. The molecular weight excluding hydrogens is 418 g/mol. The van der Waals surface area contributed by atoms with Gasteiger partial charge in [0.15, 0.2) is 0 Å². The first-order chi connectivity index (χ1) is 15.6. The highest BCUT2D eigenvalue weighted by Crippen LogP contribution is 2.22. The molecule has 32 heavy (non-hydrogen) atoms. The van der Waals surface area contributed by atoms with Crippen molar-refractivity contribution in [2.24, 2.45) is 5.11 Å². The lowest BCUT2D eigenvalue weighted by molar-refractivity contribution is -0.142. The quantitative estimate of drug-likeness (QED) is 0.270. The first kappa shape index (κ1) is 22.8. The molecule has 3 rings (SSSR count). The van der Waals surface area contributed by atoms with Crippen LogP contribution in [0.25, 0.3) is 10.4 Å². The molecule has 1 aromatic carbocycles. The summed E-state index contributed by atoms with van der Waals surface area (Å²) in [7, 11) is 1.31. The zero-order valence-electron chi connectivity index (χ0n) is 17.5. The molecule has 1 aliphatic heterocycles. The van der Waals surface area contributed by atoms with Gasteiger partial charge in [-0.3, -0.25) is 15.0 Å². The summed E-state index contributed by atoms with van der Waals surface area (Å²) >= 11 is 0. The average molecular weight is 441 g/mol. The molecule has 0 saturated carbocycles. The van der Waals surface area contributed by atoms with Crippen molar-refractivity contribution < 1.29 is 23.8 Å². The fourth-order valence-electron chi connectivity index (χ4n) is 3.25.